The van der Waals surface area contributed by atoms with E-state index in [-0.39, 0.29) is 29.7 Å². The molecule has 258 valence electrons. The Kier molecular flexibility index (Phi) is 6.85. The first-order chi connectivity index (χ1) is 29.3. The molecule has 0 spiro atoms. The number of hydrogen-bond acceptors (Lipinski definition) is 3. The average molecular weight is 708 g/mol. The van der Waals surface area contributed by atoms with E-state index in [2.05, 4.69) is 107 Å². The Morgan fingerprint density at radius 1 is 0.455 bits per heavy atom. The van der Waals surface area contributed by atoms with Gasteiger partial charge in [-0.25, -0.2) is 9.97 Å². The van der Waals surface area contributed by atoms with Crippen LogP contribution in [-0.4, -0.2) is 19.5 Å². The highest BCUT2D eigenvalue weighted by Crippen LogP contribution is 2.40. The maximum Gasteiger partial charge on any atom is 0.146 e. The molecule has 0 aliphatic carbocycles. The minimum absolute atomic E-state index is 0.135. The highest BCUT2D eigenvalue weighted by atomic mass is 15.0. The number of fused-ring (bicyclic) bond motifs is 3. The Balaban J connectivity index is 1.15. The van der Waals surface area contributed by atoms with Gasteiger partial charge < -0.3 is 0 Å². The van der Waals surface area contributed by atoms with Crippen LogP contribution in [0.1, 0.15) is 6.85 Å². The number of rotatable bonds is 7. The van der Waals surface area contributed by atoms with E-state index in [1.165, 1.54) is 0 Å². The molecule has 10 aromatic rings. The number of benzene rings is 6. The Morgan fingerprint density at radius 3 is 1.84 bits per heavy atom. The molecule has 0 fully saturated rings. The van der Waals surface area contributed by atoms with Crippen LogP contribution in [0.5, 0.6) is 0 Å². The molecule has 0 atom stereocenters. The molecule has 0 unspecified atom stereocenters. The molecule has 0 saturated carbocycles. The fourth-order valence-corrected chi connectivity index (χ4v) is 7.39. The zero-order chi connectivity index (χ0) is 40.9. The Bertz CT molecular complexity index is 3160. The fraction of sp³-hybridized carbons (Fsp3) is 0. The summed E-state index contributed by atoms with van der Waals surface area (Å²) in [4.78, 5) is 14.4. The van der Waals surface area contributed by atoms with Crippen molar-refractivity contribution in [1.29, 1.82) is 0 Å². The minimum atomic E-state index is -0.430. The molecule has 0 aliphatic heterocycles. The number of hydrogen-bond donors (Lipinski definition) is 0. The van der Waals surface area contributed by atoms with Gasteiger partial charge >= 0.3 is 0 Å². The van der Waals surface area contributed by atoms with E-state index in [1.54, 1.807) is 18.5 Å². The third-order valence-corrected chi connectivity index (χ3v) is 10.0. The van der Waals surface area contributed by atoms with E-state index in [0.29, 0.717) is 16.6 Å². The Hall–Kier alpha value is -7.43. The number of aromatic nitrogens is 4. The molecule has 0 N–H and O–H groups in total. The van der Waals surface area contributed by atoms with Gasteiger partial charge in [-0.2, -0.15) is 0 Å². The van der Waals surface area contributed by atoms with Gasteiger partial charge in [0, 0.05) is 51.7 Å². The number of pyridine rings is 3. The van der Waals surface area contributed by atoms with Crippen LogP contribution in [0.4, 0.5) is 0 Å². The molecule has 6 aromatic carbocycles. The molecular formula is C51H34N4. The van der Waals surface area contributed by atoms with Crippen LogP contribution in [0.15, 0.2) is 207 Å². The van der Waals surface area contributed by atoms with Gasteiger partial charge in [-0.3, -0.25) is 9.55 Å². The molecule has 4 heteroatoms. The summed E-state index contributed by atoms with van der Waals surface area (Å²) in [6, 6.07) is 51.4. The maximum absolute atomic E-state index is 8.93. The summed E-state index contributed by atoms with van der Waals surface area (Å²) in [5, 5.41) is 1.53. The smallest absolute Gasteiger partial charge is 0.146 e. The third kappa shape index (κ3) is 6.06. The van der Waals surface area contributed by atoms with Crippen molar-refractivity contribution in [2.24, 2.45) is 0 Å². The normalized spacial score (nSPS) is 12.5. The predicted molar refractivity (Wildman–Crippen MR) is 227 cm³/mol. The van der Waals surface area contributed by atoms with Crippen molar-refractivity contribution in [2.45, 2.75) is 0 Å². The zero-order valence-corrected chi connectivity index (χ0v) is 29.5. The van der Waals surface area contributed by atoms with Crippen LogP contribution in [0.3, 0.4) is 0 Å². The van der Waals surface area contributed by atoms with Crippen LogP contribution in [0.25, 0.3) is 94.6 Å². The molecule has 4 aromatic heterocycles. The molecule has 10 rings (SSSR count). The highest BCUT2D eigenvalue weighted by Gasteiger charge is 2.19. The van der Waals surface area contributed by atoms with E-state index in [9.17, 15) is 0 Å². The van der Waals surface area contributed by atoms with Crippen LogP contribution in [0, 0.1) is 0 Å². The van der Waals surface area contributed by atoms with Crippen molar-refractivity contribution in [3.8, 4) is 72.7 Å². The van der Waals surface area contributed by atoms with Gasteiger partial charge in [0.25, 0.3) is 0 Å². The van der Waals surface area contributed by atoms with E-state index < -0.39 is 6.04 Å². The van der Waals surface area contributed by atoms with Crippen LogP contribution < -0.4 is 0 Å². The molecular weight excluding hydrogens is 669 g/mol. The molecule has 0 radical (unpaired) electrons. The lowest BCUT2D eigenvalue weighted by Crippen LogP contribution is -1.96. The monoisotopic (exact) mass is 707 g/mol. The first kappa shape index (κ1) is 27.2. The lowest BCUT2D eigenvalue weighted by molar-refractivity contribution is 1.14. The molecule has 4 nitrogen and oxygen atoms in total. The second-order valence-corrected chi connectivity index (χ2v) is 13.4. The highest BCUT2D eigenvalue weighted by molar-refractivity contribution is 6.15. The summed E-state index contributed by atoms with van der Waals surface area (Å²) in [5.74, 6) is 0. The summed E-state index contributed by atoms with van der Waals surface area (Å²) in [7, 11) is 0. The fourth-order valence-electron chi connectivity index (χ4n) is 7.39. The standard InChI is InChI=1S/C51H34N4/c1-4-12-35(13-5-1)40-18-10-20-44(30-40)55-49-26-25-41(31-46(49)50-45(27-29-53-51(50)55)37-14-6-2-7-15-37)36-21-23-39(24-22-36)48-33-43(42-19-11-28-52-34-42)32-47(54-48)38-16-8-3-9-17-38/h1-34H/i2D,6D,7D,14D,15D. The summed E-state index contributed by atoms with van der Waals surface area (Å²) < 4.78 is 45.2. The lowest BCUT2D eigenvalue weighted by Gasteiger charge is -2.11. The SMILES string of the molecule is [2H]c1c([2H])c([2H])c(-c2ccnc3c2c2cc(-c4ccc(-c5cc(-c6cccnc6)cc(-c6ccccc6)n5)cc4)ccc2n3-c2cccc(-c3ccccc3)c2)c([2H])c1[2H]. The predicted octanol–water partition coefficient (Wildman–Crippen LogP) is 13.0. The van der Waals surface area contributed by atoms with Gasteiger partial charge in [-0.1, -0.05) is 139 Å². The summed E-state index contributed by atoms with van der Waals surface area (Å²) >= 11 is 0. The molecule has 55 heavy (non-hydrogen) atoms. The van der Waals surface area contributed by atoms with Crippen LogP contribution in [-0.2, 0) is 0 Å². The van der Waals surface area contributed by atoms with E-state index in [4.69, 9.17) is 16.8 Å². The second-order valence-electron chi connectivity index (χ2n) is 13.4. The van der Waals surface area contributed by atoms with Crippen molar-refractivity contribution >= 4 is 21.9 Å². The maximum atomic E-state index is 8.93. The van der Waals surface area contributed by atoms with E-state index >= 15 is 0 Å². The van der Waals surface area contributed by atoms with Gasteiger partial charge in [0.1, 0.15) is 5.65 Å². The molecule has 0 amide bonds. The summed E-state index contributed by atoms with van der Waals surface area (Å²) in [6.45, 7) is 0. The van der Waals surface area contributed by atoms with Crippen LogP contribution >= 0.6 is 0 Å². The van der Waals surface area contributed by atoms with Gasteiger partial charge in [-0.15, -0.1) is 0 Å². The largest absolute Gasteiger partial charge is 0.294 e. The summed E-state index contributed by atoms with van der Waals surface area (Å²) in [6.07, 6.45) is 5.28. The molecule has 0 bridgehead atoms. The van der Waals surface area contributed by atoms with Gasteiger partial charge in [0.05, 0.1) is 23.8 Å². The van der Waals surface area contributed by atoms with E-state index in [0.717, 1.165) is 72.5 Å². The van der Waals surface area contributed by atoms with Gasteiger partial charge in [-0.05, 0) is 87.5 Å². The first-order valence-corrected chi connectivity index (χ1v) is 18.1. The average Bonchev–Trinajstić information content (AvgIpc) is 3.65. The van der Waals surface area contributed by atoms with Crippen molar-refractivity contribution in [3.63, 3.8) is 0 Å². The molecule has 0 aliphatic rings. The second kappa shape index (κ2) is 13.8. The van der Waals surface area contributed by atoms with E-state index in [1.807, 2.05) is 60.8 Å². The van der Waals surface area contributed by atoms with Crippen molar-refractivity contribution in [1.82, 2.24) is 19.5 Å². The first-order valence-electron chi connectivity index (χ1n) is 20.6. The van der Waals surface area contributed by atoms with Crippen molar-refractivity contribution < 1.29 is 6.85 Å². The zero-order valence-electron chi connectivity index (χ0n) is 34.5. The lowest BCUT2D eigenvalue weighted by atomic mass is 9.97. The van der Waals surface area contributed by atoms with Gasteiger partial charge in [0.15, 0.2) is 0 Å². The topological polar surface area (TPSA) is 43.6 Å². The Morgan fingerprint density at radius 2 is 1.09 bits per heavy atom. The van der Waals surface area contributed by atoms with Crippen LogP contribution in [0.2, 0.25) is 0 Å². The molecule has 0 saturated heterocycles. The summed E-state index contributed by atoms with van der Waals surface area (Å²) in [5.41, 5.74) is 12.8. The quantitative estimate of drug-likeness (QED) is 0.166. The Labute approximate surface area is 326 Å². The third-order valence-electron chi connectivity index (χ3n) is 10.0. The number of nitrogens with zero attached hydrogens (tertiary/aromatic N) is 4. The van der Waals surface area contributed by atoms with Crippen molar-refractivity contribution in [2.75, 3.05) is 0 Å². The molecule has 4 heterocycles. The van der Waals surface area contributed by atoms with Gasteiger partial charge in [0.2, 0.25) is 0 Å². The van der Waals surface area contributed by atoms with Crippen molar-refractivity contribution in [3.05, 3.63) is 207 Å². The minimum Gasteiger partial charge on any atom is -0.294 e.